The van der Waals surface area contributed by atoms with E-state index in [0.29, 0.717) is 6.10 Å². The summed E-state index contributed by atoms with van der Waals surface area (Å²) in [6.45, 7) is 11.0. The van der Waals surface area contributed by atoms with Crippen molar-refractivity contribution in [2.75, 3.05) is 0 Å². The lowest BCUT2D eigenvalue weighted by molar-refractivity contribution is 0.215. The standard InChI is InChI=1S/C4H9O.2C3H8O.Al/c1-3-4(2)5;2*1-3(2)4;/h4H,3H2,1-2H3;2*3-4H,1-2H3;/q-1;;;+1. The fourth-order valence-corrected chi connectivity index (χ4v) is 0.289. The molecule has 14 heavy (non-hydrogen) atoms. The summed E-state index contributed by atoms with van der Waals surface area (Å²) < 4.78 is 4.82. The van der Waals surface area contributed by atoms with Crippen molar-refractivity contribution in [1.29, 1.82) is 0 Å². The first-order valence-corrected chi connectivity index (χ1v) is 5.46. The first-order valence-electron chi connectivity index (χ1n) is 4.99. The van der Waals surface area contributed by atoms with Crippen LogP contribution in [0.4, 0.5) is 0 Å². The molecule has 0 heterocycles. The zero-order valence-corrected chi connectivity index (χ0v) is 11.5. The third kappa shape index (κ3) is 83.0. The normalized spacial score (nSPS) is 11.3. The Kier molecular flexibility index (Phi) is 22.6. The molecule has 0 fully saturated rings. The molecule has 0 aliphatic carbocycles. The zero-order valence-electron chi connectivity index (χ0n) is 10.3. The molecule has 0 rings (SSSR count). The van der Waals surface area contributed by atoms with Crippen LogP contribution in [0.5, 0.6) is 0 Å². The average molecular weight is 220 g/mol. The Bertz CT molecular complexity index is 71.9. The van der Waals surface area contributed by atoms with Crippen LogP contribution in [0, 0.1) is 0 Å². The molecule has 86 valence electrons. The number of rotatable bonds is 2. The van der Waals surface area contributed by atoms with E-state index in [4.69, 9.17) is 14.0 Å². The van der Waals surface area contributed by atoms with E-state index in [2.05, 4.69) is 23.5 Å². The van der Waals surface area contributed by atoms with Gasteiger partial charge in [0.2, 0.25) is 0 Å². The minimum atomic E-state index is -0.167. The SMILES string of the molecule is CC(C)O.CC(C)O.CCC(C)[O][Al]. The number of aliphatic hydroxyl groups is 2. The lowest BCUT2D eigenvalue weighted by atomic mass is 10.3. The summed E-state index contributed by atoms with van der Waals surface area (Å²) in [5, 5.41) is 16.1. The molecule has 1 atom stereocenters. The highest BCUT2D eigenvalue weighted by atomic mass is 27.1. The largest absolute Gasteiger partial charge is 0.514 e. The predicted molar refractivity (Wildman–Crippen MR) is 61.3 cm³/mol. The van der Waals surface area contributed by atoms with E-state index >= 15 is 0 Å². The van der Waals surface area contributed by atoms with Gasteiger partial charge in [-0.2, -0.15) is 0 Å². The topological polar surface area (TPSA) is 49.7 Å². The summed E-state index contributed by atoms with van der Waals surface area (Å²) in [5.41, 5.74) is 0. The van der Waals surface area contributed by atoms with Gasteiger partial charge in [0.25, 0.3) is 0 Å². The first-order chi connectivity index (χ1) is 6.27. The molecule has 0 saturated carbocycles. The smallest absolute Gasteiger partial charge is 0.369 e. The summed E-state index contributed by atoms with van der Waals surface area (Å²) in [6.07, 6.45) is 1.15. The van der Waals surface area contributed by atoms with Crippen LogP contribution in [0.3, 0.4) is 0 Å². The molecule has 0 bridgehead atoms. The van der Waals surface area contributed by atoms with E-state index in [1.165, 1.54) is 0 Å². The molecule has 0 aliphatic rings. The second kappa shape index (κ2) is 15.9. The molecule has 0 amide bonds. The summed E-state index contributed by atoms with van der Waals surface area (Å²) in [7, 11) is 0. The Morgan fingerprint density at radius 1 is 1.00 bits per heavy atom. The van der Waals surface area contributed by atoms with Crippen molar-refractivity contribution in [2.45, 2.75) is 66.3 Å². The van der Waals surface area contributed by atoms with Gasteiger partial charge in [-0.3, -0.25) is 0 Å². The Morgan fingerprint density at radius 3 is 1.21 bits per heavy atom. The maximum absolute atomic E-state index is 8.06. The van der Waals surface area contributed by atoms with Crippen LogP contribution < -0.4 is 0 Å². The predicted octanol–water partition coefficient (Wildman–Crippen LogP) is 1.66. The Hall–Kier alpha value is 0.412. The van der Waals surface area contributed by atoms with Gasteiger partial charge in [-0.1, -0.05) is 6.92 Å². The summed E-state index contributed by atoms with van der Waals surface area (Å²) in [6, 6.07) is 0. The van der Waals surface area contributed by atoms with E-state index in [-0.39, 0.29) is 12.2 Å². The fraction of sp³-hybridized carbons (Fsp3) is 1.00. The van der Waals surface area contributed by atoms with Gasteiger partial charge < -0.3 is 14.0 Å². The highest BCUT2D eigenvalue weighted by molar-refractivity contribution is 5.98. The van der Waals surface area contributed by atoms with E-state index in [9.17, 15) is 0 Å². The van der Waals surface area contributed by atoms with Crippen LogP contribution >= 0.6 is 0 Å². The van der Waals surface area contributed by atoms with Crippen LogP contribution in [0.25, 0.3) is 0 Å². The molecular weight excluding hydrogens is 195 g/mol. The molecule has 4 heteroatoms. The molecule has 0 aromatic rings. The Labute approximate surface area is 97.2 Å². The highest BCUT2D eigenvalue weighted by Crippen LogP contribution is 1.89. The van der Waals surface area contributed by atoms with Crippen molar-refractivity contribution in [2.24, 2.45) is 0 Å². The van der Waals surface area contributed by atoms with Crippen molar-refractivity contribution >= 4 is 16.6 Å². The summed E-state index contributed by atoms with van der Waals surface area (Å²) in [5.74, 6) is 0. The molecule has 0 aromatic carbocycles. The first kappa shape index (κ1) is 19.9. The van der Waals surface area contributed by atoms with Crippen LogP contribution in [0.1, 0.15) is 48.0 Å². The second-order valence-electron chi connectivity index (χ2n) is 3.54. The Morgan fingerprint density at radius 2 is 1.21 bits per heavy atom. The highest BCUT2D eigenvalue weighted by Gasteiger charge is 1.86. The van der Waals surface area contributed by atoms with Gasteiger partial charge in [0.05, 0.1) is 0 Å². The van der Waals surface area contributed by atoms with Crippen LogP contribution in [0.15, 0.2) is 0 Å². The maximum atomic E-state index is 8.06. The van der Waals surface area contributed by atoms with Crippen molar-refractivity contribution in [3.63, 3.8) is 0 Å². The monoisotopic (exact) mass is 220 g/mol. The van der Waals surface area contributed by atoms with Gasteiger partial charge in [0, 0.05) is 18.3 Å². The third-order valence-corrected chi connectivity index (χ3v) is 1.27. The Balaban J connectivity index is -0.000000135. The van der Waals surface area contributed by atoms with Gasteiger partial charge in [0.1, 0.15) is 0 Å². The number of hydrogen-bond acceptors (Lipinski definition) is 3. The number of hydrogen-bond donors (Lipinski definition) is 2. The summed E-state index contributed by atoms with van der Waals surface area (Å²) >= 11 is 2.24. The molecule has 0 aliphatic heterocycles. The molecule has 3 nitrogen and oxygen atoms in total. The average Bonchev–Trinajstić information content (AvgIpc) is 2.01. The molecule has 0 spiro atoms. The molecule has 0 aromatic heterocycles. The van der Waals surface area contributed by atoms with Crippen molar-refractivity contribution in [1.82, 2.24) is 0 Å². The minimum Gasteiger partial charge on any atom is -0.514 e. The second-order valence-corrected chi connectivity index (χ2v) is 3.81. The fourth-order valence-electron chi connectivity index (χ4n) is 0.0962. The van der Waals surface area contributed by atoms with E-state index < -0.39 is 0 Å². The van der Waals surface area contributed by atoms with Gasteiger partial charge in [0.15, 0.2) is 0 Å². The lowest BCUT2D eigenvalue weighted by Crippen LogP contribution is -2.01. The molecule has 2 radical (unpaired) electrons. The van der Waals surface area contributed by atoms with Gasteiger partial charge in [-0.15, -0.1) is 0 Å². The summed E-state index contributed by atoms with van der Waals surface area (Å²) in [4.78, 5) is 0. The molecular formula is C10H25AlO3. The lowest BCUT2D eigenvalue weighted by Gasteiger charge is -2.04. The van der Waals surface area contributed by atoms with Crippen LogP contribution in [0.2, 0.25) is 0 Å². The van der Waals surface area contributed by atoms with E-state index in [0.717, 1.165) is 6.42 Å². The van der Waals surface area contributed by atoms with Gasteiger partial charge in [-0.25, -0.2) is 0 Å². The van der Waals surface area contributed by atoms with E-state index in [1.807, 2.05) is 6.92 Å². The quantitative estimate of drug-likeness (QED) is 0.696. The van der Waals surface area contributed by atoms with Crippen LogP contribution in [-0.4, -0.2) is 45.1 Å². The molecule has 2 N–H and O–H groups in total. The van der Waals surface area contributed by atoms with Gasteiger partial charge >= 0.3 is 16.6 Å². The van der Waals surface area contributed by atoms with Crippen molar-refractivity contribution in [3.05, 3.63) is 0 Å². The third-order valence-electron chi connectivity index (χ3n) is 0.807. The zero-order chi connectivity index (χ0) is 12.1. The molecule has 1 unspecified atom stereocenters. The van der Waals surface area contributed by atoms with Crippen molar-refractivity contribution < 1.29 is 14.0 Å². The minimum absolute atomic E-state index is 0.167. The number of aliphatic hydroxyl groups excluding tert-OH is 2. The maximum Gasteiger partial charge on any atom is 0.369 e. The van der Waals surface area contributed by atoms with Gasteiger partial charge in [-0.05, 0) is 41.0 Å². The van der Waals surface area contributed by atoms with Crippen LogP contribution in [-0.2, 0) is 3.79 Å². The van der Waals surface area contributed by atoms with Crippen molar-refractivity contribution in [3.8, 4) is 0 Å². The molecule has 0 saturated heterocycles. The van der Waals surface area contributed by atoms with E-state index in [1.54, 1.807) is 27.7 Å².